The summed E-state index contributed by atoms with van der Waals surface area (Å²) in [5, 5.41) is 7.43. The van der Waals surface area contributed by atoms with Gasteiger partial charge in [0, 0.05) is 38.8 Å². The number of rotatable bonds is 8. The molecule has 0 fully saturated rings. The second-order valence-electron chi connectivity index (χ2n) is 15.2. The number of hydrogen-bond donors (Lipinski definition) is 0. The molecule has 286 valence electrons. The average Bonchev–Trinajstić information content (AvgIpc) is 3.80. The highest BCUT2D eigenvalue weighted by Crippen LogP contribution is 2.43. The Morgan fingerprint density at radius 3 is 1.43 bits per heavy atom. The second kappa shape index (κ2) is 15.5. The fourth-order valence-corrected chi connectivity index (χ4v) is 8.51. The quantitative estimate of drug-likeness (QED) is 0.154. The van der Waals surface area contributed by atoms with E-state index in [2.05, 4.69) is 205 Å². The summed E-state index contributed by atoms with van der Waals surface area (Å²) < 4.78 is 2.14. The van der Waals surface area contributed by atoms with Crippen LogP contribution >= 0.6 is 0 Å². The van der Waals surface area contributed by atoms with E-state index in [9.17, 15) is 0 Å². The Kier molecular flexibility index (Phi) is 9.14. The molecule has 61 heavy (non-hydrogen) atoms. The number of aromatic nitrogens is 4. The Morgan fingerprint density at radius 1 is 0.311 bits per heavy atom. The van der Waals surface area contributed by atoms with Gasteiger partial charge in [0.15, 0.2) is 5.82 Å². The third-order valence-corrected chi connectivity index (χ3v) is 11.5. The molecule has 4 nitrogen and oxygen atoms in total. The molecule has 0 unspecified atom stereocenters. The SMILES string of the molecule is c1ccc(-c2ccc(-c3cc(-c4cccc(-c5ccc(-c6c(-c7ccccc7)n7ncc(-c8ccccc8)c7c7ccccc67)cc5)c4)nc(-c4ccccc4)n3)cc2)cc1. The van der Waals surface area contributed by atoms with Crippen molar-refractivity contribution in [1.82, 2.24) is 19.6 Å². The van der Waals surface area contributed by atoms with Gasteiger partial charge in [0.2, 0.25) is 0 Å². The molecule has 0 radical (unpaired) electrons. The third-order valence-electron chi connectivity index (χ3n) is 11.5. The Bertz CT molecular complexity index is 3300. The Hall–Kier alpha value is -8.21. The smallest absolute Gasteiger partial charge is 0.160 e. The van der Waals surface area contributed by atoms with Crippen molar-refractivity contribution < 1.29 is 0 Å². The van der Waals surface area contributed by atoms with E-state index in [4.69, 9.17) is 15.1 Å². The fraction of sp³-hybridized carbons (Fsp3) is 0. The highest BCUT2D eigenvalue weighted by molar-refractivity contribution is 6.13. The molecule has 4 heteroatoms. The fourth-order valence-electron chi connectivity index (χ4n) is 8.51. The molecule has 0 aliphatic heterocycles. The minimum atomic E-state index is 0.696. The van der Waals surface area contributed by atoms with Crippen LogP contribution in [0, 0.1) is 0 Å². The number of pyridine rings is 1. The van der Waals surface area contributed by atoms with Crippen LogP contribution in [0.25, 0.3) is 106 Å². The van der Waals surface area contributed by atoms with Crippen LogP contribution in [0.2, 0.25) is 0 Å². The largest absolute Gasteiger partial charge is 0.231 e. The van der Waals surface area contributed by atoms with E-state index in [-0.39, 0.29) is 0 Å². The van der Waals surface area contributed by atoms with E-state index in [0.29, 0.717) is 5.82 Å². The highest BCUT2D eigenvalue weighted by Gasteiger charge is 2.21. The van der Waals surface area contributed by atoms with Crippen LogP contribution in [-0.2, 0) is 0 Å². The molecular weight excluding hydrogens is 741 g/mol. The van der Waals surface area contributed by atoms with Crippen molar-refractivity contribution in [2.24, 2.45) is 0 Å². The summed E-state index contributed by atoms with van der Waals surface area (Å²) in [5.74, 6) is 0.696. The molecule has 0 aliphatic rings. The van der Waals surface area contributed by atoms with E-state index >= 15 is 0 Å². The zero-order valence-corrected chi connectivity index (χ0v) is 33.2. The van der Waals surface area contributed by atoms with Crippen molar-refractivity contribution in [2.45, 2.75) is 0 Å². The predicted molar refractivity (Wildman–Crippen MR) is 252 cm³/mol. The Morgan fingerprint density at radius 2 is 0.770 bits per heavy atom. The lowest BCUT2D eigenvalue weighted by molar-refractivity contribution is 0.976. The topological polar surface area (TPSA) is 43.1 Å². The van der Waals surface area contributed by atoms with Crippen LogP contribution in [0.4, 0.5) is 0 Å². The first-order chi connectivity index (χ1) is 30.2. The zero-order chi connectivity index (χ0) is 40.5. The molecule has 11 aromatic rings. The highest BCUT2D eigenvalue weighted by atomic mass is 15.2. The van der Waals surface area contributed by atoms with Gasteiger partial charge < -0.3 is 0 Å². The molecule has 11 rings (SSSR count). The lowest BCUT2D eigenvalue weighted by Gasteiger charge is -2.18. The van der Waals surface area contributed by atoms with E-state index in [1.807, 2.05) is 30.5 Å². The molecule has 0 bridgehead atoms. The van der Waals surface area contributed by atoms with Gasteiger partial charge in [-0.25, -0.2) is 14.5 Å². The standard InChI is InChI=1S/C57H38N4/c1-5-16-39(17-6-1)40-28-32-43(33-29-40)52-37-53(60-57(59-52)46-22-11-4-12-23-46)48-25-15-24-47(36-48)41-30-34-44(35-31-41)54-49-26-13-14-27-50(49)56-51(42-18-7-2-8-19-42)38-58-61(56)55(54)45-20-9-3-10-21-45/h1-38H. The van der Waals surface area contributed by atoms with Crippen molar-refractivity contribution in [1.29, 1.82) is 0 Å². The van der Waals surface area contributed by atoms with Crippen molar-refractivity contribution in [3.63, 3.8) is 0 Å². The summed E-state index contributed by atoms with van der Waals surface area (Å²) in [7, 11) is 0. The van der Waals surface area contributed by atoms with E-state index < -0.39 is 0 Å². The van der Waals surface area contributed by atoms with Gasteiger partial charge in [0.1, 0.15) is 0 Å². The van der Waals surface area contributed by atoms with Gasteiger partial charge in [-0.1, -0.05) is 212 Å². The van der Waals surface area contributed by atoms with Crippen LogP contribution in [0.1, 0.15) is 0 Å². The normalized spacial score (nSPS) is 11.3. The summed E-state index contributed by atoms with van der Waals surface area (Å²) in [6, 6.07) is 78.9. The van der Waals surface area contributed by atoms with Crippen LogP contribution < -0.4 is 0 Å². The molecule has 3 aromatic heterocycles. The van der Waals surface area contributed by atoms with Crippen molar-refractivity contribution in [3.05, 3.63) is 231 Å². The summed E-state index contributed by atoms with van der Waals surface area (Å²) in [6.45, 7) is 0. The third kappa shape index (κ3) is 6.76. The molecule has 8 aromatic carbocycles. The van der Waals surface area contributed by atoms with Crippen molar-refractivity contribution >= 4 is 16.3 Å². The number of nitrogens with zero attached hydrogens (tertiary/aromatic N) is 4. The molecule has 0 saturated heterocycles. The lowest BCUT2D eigenvalue weighted by atomic mass is 9.91. The van der Waals surface area contributed by atoms with Crippen LogP contribution in [0.15, 0.2) is 231 Å². The Labute approximate surface area is 354 Å². The minimum Gasteiger partial charge on any atom is -0.231 e. The van der Waals surface area contributed by atoms with Gasteiger partial charge in [-0.15, -0.1) is 0 Å². The molecule has 0 amide bonds. The Balaban J connectivity index is 1.00. The minimum absolute atomic E-state index is 0.696. The second-order valence-corrected chi connectivity index (χ2v) is 15.2. The first-order valence-corrected chi connectivity index (χ1v) is 20.6. The lowest BCUT2D eigenvalue weighted by Crippen LogP contribution is -2.00. The van der Waals surface area contributed by atoms with Crippen LogP contribution in [-0.4, -0.2) is 19.6 Å². The van der Waals surface area contributed by atoms with Gasteiger partial charge in [0.25, 0.3) is 0 Å². The summed E-state index contributed by atoms with van der Waals surface area (Å²) >= 11 is 0. The van der Waals surface area contributed by atoms with Gasteiger partial charge in [-0.2, -0.15) is 5.10 Å². The van der Waals surface area contributed by atoms with Crippen LogP contribution in [0.3, 0.4) is 0 Å². The maximum atomic E-state index is 5.15. The summed E-state index contributed by atoms with van der Waals surface area (Å²) in [6.07, 6.45) is 2.01. The van der Waals surface area contributed by atoms with Gasteiger partial charge in [0.05, 0.1) is 28.8 Å². The average molecular weight is 779 g/mol. The van der Waals surface area contributed by atoms with E-state index in [1.165, 1.54) is 16.5 Å². The van der Waals surface area contributed by atoms with Crippen molar-refractivity contribution in [2.75, 3.05) is 0 Å². The number of hydrogen-bond acceptors (Lipinski definition) is 3. The molecule has 3 heterocycles. The molecule has 0 atom stereocenters. The summed E-state index contributed by atoms with van der Waals surface area (Å²) in [4.78, 5) is 10.2. The van der Waals surface area contributed by atoms with Crippen molar-refractivity contribution in [3.8, 4) is 89.7 Å². The monoisotopic (exact) mass is 778 g/mol. The first kappa shape index (κ1) is 35.9. The first-order valence-electron chi connectivity index (χ1n) is 20.6. The van der Waals surface area contributed by atoms with Gasteiger partial charge in [-0.05, 0) is 50.9 Å². The number of fused-ring (bicyclic) bond motifs is 3. The molecular formula is C57H38N4. The van der Waals surface area contributed by atoms with Crippen LogP contribution in [0.5, 0.6) is 0 Å². The van der Waals surface area contributed by atoms with Gasteiger partial charge >= 0.3 is 0 Å². The molecule has 0 saturated carbocycles. The summed E-state index contributed by atoms with van der Waals surface area (Å²) in [5.41, 5.74) is 17.2. The van der Waals surface area contributed by atoms with E-state index in [1.54, 1.807) is 0 Å². The molecule has 0 spiro atoms. The molecule has 0 N–H and O–H groups in total. The zero-order valence-electron chi connectivity index (χ0n) is 33.2. The van der Waals surface area contributed by atoms with Gasteiger partial charge in [-0.3, -0.25) is 0 Å². The van der Waals surface area contributed by atoms with E-state index in [0.717, 1.165) is 83.6 Å². The molecule has 0 aliphatic carbocycles. The number of benzene rings is 8. The predicted octanol–water partition coefficient (Wildman–Crippen LogP) is 14.6. The maximum Gasteiger partial charge on any atom is 0.160 e. The maximum absolute atomic E-state index is 5.15.